The molecule has 0 aliphatic carbocycles. The van der Waals surface area contributed by atoms with Gasteiger partial charge in [-0.15, -0.1) is 0 Å². The number of pyridine rings is 1. The minimum absolute atomic E-state index is 0.132. The Morgan fingerprint density at radius 2 is 1.92 bits per heavy atom. The fourth-order valence-electron chi connectivity index (χ4n) is 2.49. The van der Waals surface area contributed by atoms with E-state index in [2.05, 4.69) is 17.2 Å². The number of rotatable bonds is 5. The van der Waals surface area contributed by atoms with Crippen molar-refractivity contribution in [3.63, 3.8) is 0 Å². The largest absolute Gasteiger partial charge is 0.497 e. The molecule has 122 valence electrons. The SMILES string of the molecule is CCc1ccc(Nc2nc3cc(OC)ccc3cc2C(=O)O)cc1. The van der Waals surface area contributed by atoms with Gasteiger partial charge >= 0.3 is 5.97 Å². The highest BCUT2D eigenvalue weighted by Gasteiger charge is 2.14. The Bertz CT molecular complexity index is 889. The van der Waals surface area contributed by atoms with Crippen LogP contribution >= 0.6 is 0 Å². The Hall–Kier alpha value is -3.08. The molecule has 0 bridgehead atoms. The van der Waals surface area contributed by atoms with E-state index in [-0.39, 0.29) is 5.56 Å². The van der Waals surface area contributed by atoms with Crippen molar-refractivity contribution in [2.45, 2.75) is 13.3 Å². The van der Waals surface area contributed by atoms with Crippen LogP contribution < -0.4 is 10.1 Å². The van der Waals surface area contributed by atoms with E-state index >= 15 is 0 Å². The van der Waals surface area contributed by atoms with Gasteiger partial charge in [-0.1, -0.05) is 19.1 Å². The van der Waals surface area contributed by atoms with Crippen LogP contribution in [0.25, 0.3) is 10.9 Å². The van der Waals surface area contributed by atoms with Gasteiger partial charge in [-0.3, -0.25) is 0 Å². The Morgan fingerprint density at radius 1 is 1.17 bits per heavy atom. The summed E-state index contributed by atoms with van der Waals surface area (Å²) in [5.74, 6) is -0.0308. The number of hydrogen-bond donors (Lipinski definition) is 2. The fourth-order valence-corrected chi connectivity index (χ4v) is 2.49. The summed E-state index contributed by atoms with van der Waals surface area (Å²) in [6.07, 6.45) is 0.953. The van der Waals surface area contributed by atoms with Crippen molar-refractivity contribution in [3.05, 3.63) is 59.7 Å². The van der Waals surface area contributed by atoms with Crippen molar-refractivity contribution in [1.29, 1.82) is 0 Å². The number of nitrogens with zero attached hydrogens (tertiary/aromatic N) is 1. The second-order valence-corrected chi connectivity index (χ2v) is 5.42. The quantitative estimate of drug-likeness (QED) is 0.735. The third-order valence-electron chi connectivity index (χ3n) is 3.88. The lowest BCUT2D eigenvalue weighted by Crippen LogP contribution is -2.05. The molecule has 0 aliphatic rings. The van der Waals surface area contributed by atoms with Crippen molar-refractivity contribution < 1.29 is 14.6 Å². The standard InChI is InChI=1S/C19H18N2O3/c1-3-12-4-7-14(8-5-12)20-18-16(19(22)23)10-13-6-9-15(24-2)11-17(13)21-18/h4-11H,3H2,1-2H3,(H,20,21)(H,22,23). The average Bonchev–Trinajstić information content (AvgIpc) is 2.61. The molecule has 2 aromatic carbocycles. The van der Waals surface area contributed by atoms with E-state index in [0.717, 1.165) is 17.5 Å². The Balaban J connectivity index is 2.05. The lowest BCUT2D eigenvalue weighted by molar-refractivity contribution is 0.0698. The van der Waals surface area contributed by atoms with Crippen molar-refractivity contribution in [1.82, 2.24) is 4.98 Å². The number of methoxy groups -OCH3 is 1. The summed E-state index contributed by atoms with van der Waals surface area (Å²) < 4.78 is 5.21. The van der Waals surface area contributed by atoms with Crippen LogP contribution in [0.4, 0.5) is 11.5 Å². The lowest BCUT2D eigenvalue weighted by Gasteiger charge is -2.11. The maximum Gasteiger partial charge on any atom is 0.339 e. The minimum atomic E-state index is -1.02. The lowest BCUT2D eigenvalue weighted by atomic mass is 10.1. The average molecular weight is 322 g/mol. The van der Waals surface area contributed by atoms with E-state index < -0.39 is 5.97 Å². The molecule has 0 radical (unpaired) electrons. The molecule has 1 aromatic heterocycles. The predicted molar refractivity (Wildman–Crippen MR) is 94.4 cm³/mol. The van der Waals surface area contributed by atoms with Gasteiger partial charge in [0.25, 0.3) is 0 Å². The third kappa shape index (κ3) is 3.15. The molecule has 3 aromatic rings. The molecule has 0 saturated carbocycles. The van der Waals surface area contributed by atoms with E-state index in [1.54, 1.807) is 31.4 Å². The first kappa shape index (κ1) is 15.8. The molecule has 0 spiro atoms. The Kier molecular flexibility index (Phi) is 4.33. The van der Waals surface area contributed by atoms with Crippen LogP contribution in [-0.4, -0.2) is 23.2 Å². The molecule has 5 heteroatoms. The topological polar surface area (TPSA) is 71.5 Å². The van der Waals surface area contributed by atoms with Gasteiger partial charge in [0, 0.05) is 17.1 Å². The van der Waals surface area contributed by atoms with Crippen molar-refractivity contribution in [2.75, 3.05) is 12.4 Å². The molecule has 0 unspecified atom stereocenters. The first-order chi connectivity index (χ1) is 11.6. The number of anilines is 2. The number of aromatic carboxylic acids is 1. The number of carbonyl (C=O) groups is 1. The molecule has 24 heavy (non-hydrogen) atoms. The van der Waals surface area contributed by atoms with Gasteiger partial charge < -0.3 is 15.2 Å². The number of carboxylic acid groups (broad SMARTS) is 1. The summed E-state index contributed by atoms with van der Waals surface area (Å²) in [5, 5.41) is 13.3. The van der Waals surface area contributed by atoms with Gasteiger partial charge in [0.05, 0.1) is 12.6 Å². The molecule has 3 rings (SSSR count). The minimum Gasteiger partial charge on any atom is -0.497 e. The molecule has 5 nitrogen and oxygen atoms in total. The maximum atomic E-state index is 11.6. The molecule has 0 aliphatic heterocycles. The number of aryl methyl sites for hydroxylation is 1. The number of ether oxygens (including phenoxy) is 1. The monoisotopic (exact) mass is 322 g/mol. The number of nitrogens with one attached hydrogen (secondary N) is 1. The normalized spacial score (nSPS) is 10.6. The summed E-state index contributed by atoms with van der Waals surface area (Å²) in [6.45, 7) is 2.09. The Labute approximate surface area is 139 Å². The van der Waals surface area contributed by atoms with Crippen LogP contribution in [0.15, 0.2) is 48.5 Å². The van der Waals surface area contributed by atoms with Gasteiger partial charge in [-0.2, -0.15) is 0 Å². The summed E-state index contributed by atoms with van der Waals surface area (Å²) in [5.41, 5.74) is 2.82. The van der Waals surface area contributed by atoms with E-state index in [4.69, 9.17) is 4.74 Å². The number of aromatic nitrogens is 1. The van der Waals surface area contributed by atoms with Crippen molar-refractivity contribution >= 4 is 28.4 Å². The van der Waals surface area contributed by atoms with E-state index in [1.165, 1.54) is 5.56 Å². The first-order valence-electron chi connectivity index (χ1n) is 7.68. The molecular weight excluding hydrogens is 304 g/mol. The molecule has 2 N–H and O–H groups in total. The van der Waals surface area contributed by atoms with Crippen LogP contribution in [0.1, 0.15) is 22.8 Å². The number of benzene rings is 2. The van der Waals surface area contributed by atoms with Crippen LogP contribution in [0.5, 0.6) is 5.75 Å². The van der Waals surface area contributed by atoms with Crippen molar-refractivity contribution in [2.24, 2.45) is 0 Å². The Morgan fingerprint density at radius 3 is 2.54 bits per heavy atom. The highest BCUT2D eigenvalue weighted by atomic mass is 16.5. The van der Waals surface area contributed by atoms with Gasteiger partial charge in [-0.25, -0.2) is 9.78 Å². The van der Waals surface area contributed by atoms with Crippen LogP contribution in [0, 0.1) is 0 Å². The van der Waals surface area contributed by atoms with Gasteiger partial charge in [0.15, 0.2) is 0 Å². The predicted octanol–water partition coefficient (Wildman–Crippen LogP) is 4.25. The van der Waals surface area contributed by atoms with Crippen LogP contribution in [-0.2, 0) is 6.42 Å². The molecule has 0 saturated heterocycles. The molecule has 0 atom stereocenters. The summed E-state index contributed by atoms with van der Waals surface area (Å²) >= 11 is 0. The second kappa shape index (κ2) is 6.58. The number of carboxylic acids is 1. The zero-order valence-corrected chi connectivity index (χ0v) is 13.5. The first-order valence-corrected chi connectivity index (χ1v) is 7.68. The van der Waals surface area contributed by atoms with Crippen LogP contribution in [0.3, 0.4) is 0 Å². The molecule has 0 fully saturated rings. The highest BCUT2D eigenvalue weighted by molar-refractivity contribution is 5.99. The zero-order valence-electron chi connectivity index (χ0n) is 13.5. The summed E-state index contributed by atoms with van der Waals surface area (Å²) in [4.78, 5) is 16.0. The van der Waals surface area contributed by atoms with Gasteiger partial charge in [-0.05, 0) is 42.3 Å². The third-order valence-corrected chi connectivity index (χ3v) is 3.88. The second-order valence-electron chi connectivity index (χ2n) is 5.42. The van der Waals surface area contributed by atoms with E-state index in [0.29, 0.717) is 17.1 Å². The molecular formula is C19H18N2O3. The highest BCUT2D eigenvalue weighted by Crippen LogP contribution is 2.26. The maximum absolute atomic E-state index is 11.6. The fraction of sp³-hybridized carbons (Fsp3) is 0.158. The number of hydrogen-bond acceptors (Lipinski definition) is 4. The molecule has 1 heterocycles. The van der Waals surface area contributed by atoms with Crippen LogP contribution in [0.2, 0.25) is 0 Å². The summed E-state index contributed by atoms with van der Waals surface area (Å²) in [7, 11) is 1.58. The smallest absolute Gasteiger partial charge is 0.339 e. The van der Waals surface area contributed by atoms with Gasteiger partial charge in [0.2, 0.25) is 0 Å². The molecule has 0 amide bonds. The van der Waals surface area contributed by atoms with E-state index in [9.17, 15) is 9.90 Å². The zero-order chi connectivity index (χ0) is 17.1. The number of fused-ring (bicyclic) bond motifs is 1. The summed E-state index contributed by atoms with van der Waals surface area (Å²) in [6, 6.07) is 14.8. The van der Waals surface area contributed by atoms with Crippen molar-refractivity contribution in [3.8, 4) is 5.75 Å². The van der Waals surface area contributed by atoms with E-state index in [1.807, 2.05) is 24.3 Å². The van der Waals surface area contributed by atoms with Gasteiger partial charge in [0.1, 0.15) is 17.1 Å².